The van der Waals surface area contributed by atoms with Crippen LogP contribution in [0.1, 0.15) is 45.7 Å². The van der Waals surface area contributed by atoms with E-state index in [-0.39, 0.29) is 30.2 Å². The largest absolute Gasteiger partial charge is 0.488 e. The van der Waals surface area contributed by atoms with E-state index in [1.807, 2.05) is 62.4 Å². The van der Waals surface area contributed by atoms with Crippen molar-refractivity contribution in [2.75, 3.05) is 20.4 Å². The average molecular weight is 476 g/mol. The predicted octanol–water partition coefficient (Wildman–Crippen LogP) is 4.57. The third kappa shape index (κ3) is 6.19. The number of carbonyl (C=O) groups is 2. The maximum Gasteiger partial charge on any atom is 0.341 e. The highest BCUT2D eigenvalue weighted by Gasteiger charge is 2.23. The van der Waals surface area contributed by atoms with Gasteiger partial charge in [0.2, 0.25) is 6.79 Å². The van der Waals surface area contributed by atoms with Gasteiger partial charge in [-0.15, -0.1) is 0 Å². The van der Waals surface area contributed by atoms with Crippen LogP contribution in [0.5, 0.6) is 17.2 Å². The lowest BCUT2D eigenvalue weighted by molar-refractivity contribution is 0.0595. The first-order valence-electron chi connectivity index (χ1n) is 11.4. The van der Waals surface area contributed by atoms with Gasteiger partial charge in [-0.1, -0.05) is 36.4 Å². The zero-order valence-corrected chi connectivity index (χ0v) is 20.1. The van der Waals surface area contributed by atoms with Gasteiger partial charge in [-0.2, -0.15) is 0 Å². The monoisotopic (exact) mass is 475 g/mol. The van der Waals surface area contributed by atoms with E-state index in [2.05, 4.69) is 5.32 Å². The molecule has 1 aliphatic heterocycles. The first-order valence-corrected chi connectivity index (χ1v) is 11.4. The average Bonchev–Trinajstić information content (AvgIpc) is 3.34. The van der Waals surface area contributed by atoms with Gasteiger partial charge in [0, 0.05) is 11.1 Å². The first kappa shape index (κ1) is 24.3. The fourth-order valence-corrected chi connectivity index (χ4v) is 3.88. The molecule has 35 heavy (non-hydrogen) atoms. The van der Waals surface area contributed by atoms with Gasteiger partial charge in [0.15, 0.2) is 17.3 Å². The van der Waals surface area contributed by atoms with E-state index in [0.717, 1.165) is 22.6 Å². The molecule has 0 aromatic heterocycles. The lowest BCUT2D eigenvalue weighted by atomic mass is 9.94. The van der Waals surface area contributed by atoms with Crippen LogP contribution in [0.4, 0.5) is 0 Å². The van der Waals surface area contributed by atoms with Crippen molar-refractivity contribution in [3.63, 3.8) is 0 Å². The molecule has 182 valence electrons. The Morgan fingerprint density at radius 1 is 0.943 bits per heavy atom. The zero-order valence-electron chi connectivity index (χ0n) is 20.1. The van der Waals surface area contributed by atoms with Crippen molar-refractivity contribution < 1.29 is 28.5 Å². The van der Waals surface area contributed by atoms with Crippen molar-refractivity contribution in [2.24, 2.45) is 0 Å². The Morgan fingerprint density at radius 2 is 1.71 bits per heavy atom. The normalized spacial score (nSPS) is 12.3. The summed E-state index contributed by atoms with van der Waals surface area (Å²) >= 11 is 0. The van der Waals surface area contributed by atoms with E-state index in [1.54, 1.807) is 12.1 Å². The Bertz CT molecular complexity index is 1210. The molecule has 0 spiro atoms. The number of fused-ring (bicyclic) bond motifs is 1. The third-order valence-corrected chi connectivity index (χ3v) is 5.75. The molecule has 0 fully saturated rings. The standard InChI is InChI=1S/C28H29NO6/c1-28(2,15-20-9-11-25-26(13-20)35-18-34-25)29-16-23(30)21-10-12-24(22(14-21)27(31)32-3)33-17-19-7-5-4-6-8-19/h4-14,29H,15-18H2,1-3H3. The molecular formula is C28H29NO6. The van der Waals surface area contributed by atoms with Crippen molar-refractivity contribution in [3.05, 3.63) is 89.0 Å². The van der Waals surface area contributed by atoms with E-state index in [0.29, 0.717) is 24.3 Å². The molecule has 1 heterocycles. The van der Waals surface area contributed by atoms with Crippen molar-refractivity contribution in [1.29, 1.82) is 0 Å². The molecule has 0 radical (unpaired) electrons. The summed E-state index contributed by atoms with van der Waals surface area (Å²) in [4.78, 5) is 25.3. The van der Waals surface area contributed by atoms with E-state index in [9.17, 15) is 9.59 Å². The predicted molar refractivity (Wildman–Crippen MR) is 131 cm³/mol. The molecule has 4 rings (SSSR count). The van der Waals surface area contributed by atoms with E-state index in [4.69, 9.17) is 18.9 Å². The van der Waals surface area contributed by atoms with Gasteiger partial charge >= 0.3 is 5.97 Å². The van der Waals surface area contributed by atoms with Crippen LogP contribution < -0.4 is 19.5 Å². The Kier molecular flexibility index (Phi) is 7.36. The Hall–Kier alpha value is -3.84. The second-order valence-electron chi connectivity index (χ2n) is 9.00. The van der Waals surface area contributed by atoms with E-state index in [1.165, 1.54) is 13.2 Å². The number of carbonyl (C=O) groups excluding carboxylic acids is 2. The molecule has 1 aliphatic rings. The molecule has 3 aromatic rings. The summed E-state index contributed by atoms with van der Waals surface area (Å²) in [7, 11) is 1.30. The maximum absolute atomic E-state index is 13.0. The number of ketones is 1. The number of Topliss-reactive ketones (excluding diaryl/α,β-unsaturated/α-hetero) is 1. The zero-order chi connectivity index (χ0) is 24.8. The molecule has 7 heteroatoms. The minimum Gasteiger partial charge on any atom is -0.488 e. The Labute approximate surface area is 205 Å². The highest BCUT2D eigenvalue weighted by atomic mass is 16.7. The van der Waals surface area contributed by atoms with Crippen molar-refractivity contribution in [2.45, 2.75) is 32.4 Å². The molecule has 0 atom stereocenters. The molecule has 0 saturated heterocycles. The highest BCUT2D eigenvalue weighted by molar-refractivity contribution is 6.01. The van der Waals surface area contributed by atoms with Gasteiger partial charge in [0.1, 0.15) is 17.9 Å². The second-order valence-corrected chi connectivity index (χ2v) is 9.00. The van der Waals surface area contributed by atoms with Crippen LogP contribution in [-0.2, 0) is 17.8 Å². The number of rotatable bonds is 10. The topological polar surface area (TPSA) is 83.1 Å². The van der Waals surface area contributed by atoms with E-state index >= 15 is 0 Å². The fraction of sp³-hybridized carbons (Fsp3) is 0.286. The summed E-state index contributed by atoms with van der Waals surface area (Å²) in [5.74, 6) is 1.15. The summed E-state index contributed by atoms with van der Waals surface area (Å²) in [6, 6.07) is 20.3. The minimum atomic E-state index is -0.557. The van der Waals surface area contributed by atoms with Crippen molar-refractivity contribution in [3.8, 4) is 17.2 Å². The highest BCUT2D eigenvalue weighted by Crippen LogP contribution is 2.33. The van der Waals surface area contributed by atoms with Crippen LogP contribution in [0.3, 0.4) is 0 Å². The molecule has 3 aromatic carbocycles. The van der Waals surface area contributed by atoms with Crippen molar-refractivity contribution >= 4 is 11.8 Å². The molecule has 0 saturated carbocycles. The number of benzene rings is 3. The number of esters is 1. The van der Waals surface area contributed by atoms with Gasteiger partial charge in [-0.05, 0) is 61.7 Å². The molecule has 0 amide bonds. The van der Waals surface area contributed by atoms with Gasteiger partial charge in [0.25, 0.3) is 0 Å². The number of hydrogen-bond acceptors (Lipinski definition) is 7. The molecule has 0 unspecified atom stereocenters. The lowest BCUT2D eigenvalue weighted by Crippen LogP contribution is -2.44. The van der Waals surface area contributed by atoms with Gasteiger partial charge in [-0.3, -0.25) is 4.79 Å². The smallest absolute Gasteiger partial charge is 0.341 e. The molecule has 1 N–H and O–H groups in total. The SMILES string of the molecule is COC(=O)c1cc(C(=O)CNC(C)(C)Cc2ccc3c(c2)OCO3)ccc1OCc1ccccc1. The fourth-order valence-electron chi connectivity index (χ4n) is 3.88. The van der Waals surface area contributed by atoms with Crippen LogP contribution in [0.25, 0.3) is 0 Å². The molecule has 0 bridgehead atoms. The molecule has 0 aliphatic carbocycles. The molecular weight excluding hydrogens is 446 g/mol. The lowest BCUT2D eigenvalue weighted by Gasteiger charge is -2.26. The quantitative estimate of drug-likeness (QED) is 0.340. The summed E-state index contributed by atoms with van der Waals surface area (Å²) in [5, 5.41) is 3.33. The second kappa shape index (κ2) is 10.6. The Balaban J connectivity index is 1.41. The third-order valence-electron chi connectivity index (χ3n) is 5.75. The number of nitrogens with one attached hydrogen (secondary N) is 1. The summed E-state index contributed by atoms with van der Waals surface area (Å²) in [5.41, 5.74) is 2.31. The summed E-state index contributed by atoms with van der Waals surface area (Å²) in [6.45, 7) is 4.71. The van der Waals surface area contributed by atoms with Crippen LogP contribution in [0.2, 0.25) is 0 Å². The molecule has 7 nitrogen and oxygen atoms in total. The Morgan fingerprint density at radius 3 is 2.49 bits per heavy atom. The van der Waals surface area contributed by atoms with Gasteiger partial charge in [0.05, 0.1) is 13.7 Å². The number of hydrogen-bond donors (Lipinski definition) is 1. The maximum atomic E-state index is 13.0. The number of methoxy groups -OCH3 is 1. The minimum absolute atomic E-state index is 0.113. The van der Waals surface area contributed by atoms with Gasteiger partial charge in [-0.25, -0.2) is 4.79 Å². The van der Waals surface area contributed by atoms with E-state index < -0.39 is 5.97 Å². The van der Waals surface area contributed by atoms with Crippen LogP contribution >= 0.6 is 0 Å². The van der Waals surface area contributed by atoms with Gasteiger partial charge < -0.3 is 24.3 Å². The first-order chi connectivity index (χ1) is 16.8. The summed E-state index contributed by atoms with van der Waals surface area (Å²) < 4.78 is 21.6. The number of ether oxygens (including phenoxy) is 4. The van der Waals surface area contributed by atoms with Crippen molar-refractivity contribution in [1.82, 2.24) is 5.32 Å². The van der Waals surface area contributed by atoms with Crippen LogP contribution in [0.15, 0.2) is 66.7 Å². The van der Waals surface area contributed by atoms with Crippen LogP contribution in [0, 0.1) is 0 Å². The summed E-state index contributed by atoms with van der Waals surface area (Å²) in [6.07, 6.45) is 0.691. The van der Waals surface area contributed by atoms with Crippen LogP contribution in [-0.4, -0.2) is 37.7 Å².